The molecule has 156 valence electrons. The number of benzene rings is 3. The second kappa shape index (κ2) is 8.79. The number of nitrogens with zero attached hydrogens (tertiary/aromatic N) is 2. The summed E-state index contributed by atoms with van der Waals surface area (Å²) in [5, 5.41) is 2.85. The number of amides is 1. The highest BCUT2D eigenvalue weighted by atomic mass is 19.1. The van der Waals surface area contributed by atoms with E-state index in [1.165, 1.54) is 18.2 Å². The average molecular weight is 417 g/mol. The molecule has 0 unspecified atom stereocenters. The molecule has 3 aromatic carbocycles. The van der Waals surface area contributed by atoms with Gasteiger partial charge in [-0.3, -0.25) is 9.59 Å². The van der Waals surface area contributed by atoms with E-state index >= 15 is 0 Å². The number of para-hydroxylation sites is 2. The number of hydrogen-bond acceptors (Lipinski definition) is 4. The van der Waals surface area contributed by atoms with Gasteiger partial charge in [-0.25, -0.2) is 9.37 Å². The van der Waals surface area contributed by atoms with Gasteiger partial charge in [0.1, 0.15) is 18.1 Å². The van der Waals surface area contributed by atoms with Gasteiger partial charge < -0.3 is 14.6 Å². The molecule has 0 aliphatic carbocycles. The largest absolute Gasteiger partial charge is 0.497 e. The lowest BCUT2D eigenvalue weighted by atomic mass is 10.1. The number of methoxy groups -OCH3 is 1. The summed E-state index contributed by atoms with van der Waals surface area (Å²) in [7, 11) is 1.59. The highest BCUT2D eigenvalue weighted by molar-refractivity contribution is 6.08. The number of carbonyl (C=O) groups excluding carboxylic acids is 2. The van der Waals surface area contributed by atoms with Crippen LogP contribution in [0.2, 0.25) is 0 Å². The molecule has 0 radical (unpaired) electrons. The molecule has 1 heterocycles. The first-order valence-corrected chi connectivity index (χ1v) is 9.70. The van der Waals surface area contributed by atoms with E-state index in [2.05, 4.69) is 10.3 Å². The normalized spacial score (nSPS) is 10.8. The van der Waals surface area contributed by atoms with Gasteiger partial charge in [-0.2, -0.15) is 0 Å². The van der Waals surface area contributed by atoms with Crippen molar-refractivity contribution in [2.24, 2.45) is 0 Å². The van der Waals surface area contributed by atoms with Crippen molar-refractivity contribution in [1.29, 1.82) is 0 Å². The molecule has 1 amide bonds. The monoisotopic (exact) mass is 417 g/mol. The Bertz CT molecular complexity index is 1250. The Balaban J connectivity index is 1.58. The minimum Gasteiger partial charge on any atom is -0.497 e. The number of carbonyl (C=O) groups is 2. The Hall–Kier alpha value is -4.00. The third-order valence-corrected chi connectivity index (χ3v) is 4.89. The number of ketones is 1. The zero-order chi connectivity index (χ0) is 21.8. The van der Waals surface area contributed by atoms with Crippen LogP contribution in [0.3, 0.4) is 0 Å². The van der Waals surface area contributed by atoms with Gasteiger partial charge in [-0.05, 0) is 42.0 Å². The zero-order valence-corrected chi connectivity index (χ0v) is 16.8. The fourth-order valence-corrected chi connectivity index (χ4v) is 3.31. The first-order chi connectivity index (χ1) is 15.0. The first kappa shape index (κ1) is 20.3. The molecule has 7 heteroatoms. The van der Waals surface area contributed by atoms with Crippen LogP contribution >= 0.6 is 0 Å². The topological polar surface area (TPSA) is 73.2 Å². The molecule has 0 bridgehead atoms. The van der Waals surface area contributed by atoms with Gasteiger partial charge in [-0.15, -0.1) is 0 Å². The van der Waals surface area contributed by atoms with Gasteiger partial charge in [0.2, 0.25) is 11.7 Å². The van der Waals surface area contributed by atoms with Crippen LogP contribution in [0.25, 0.3) is 11.0 Å². The van der Waals surface area contributed by atoms with E-state index in [9.17, 15) is 14.0 Å². The predicted octanol–water partition coefficient (Wildman–Crippen LogP) is 3.73. The standard InChI is InChI=1S/C24H20FN3O3/c1-31-19-11-9-16(10-12-19)14-26-22(29)15-28-21-8-3-2-7-20(21)27-24(28)23(30)17-5-4-6-18(25)13-17/h2-13H,14-15H2,1H3,(H,26,29). The van der Waals surface area contributed by atoms with E-state index in [4.69, 9.17) is 4.74 Å². The summed E-state index contributed by atoms with van der Waals surface area (Å²) < 4.78 is 20.3. The van der Waals surface area contributed by atoms with E-state index in [0.29, 0.717) is 17.6 Å². The van der Waals surface area contributed by atoms with Crippen LogP contribution in [-0.2, 0) is 17.9 Å². The molecular formula is C24H20FN3O3. The molecule has 31 heavy (non-hydrogen) atoms. The fraction of sp³-hybridized carbons (Fsp3) is 0.125. The molecule has 0 fully saturated rings. The number of nitrogens with one attached hydrogen (secondary N) is 1. The maximum atomic E-state index is 13.6. The summed E-state index contributed by atoms with van der Waals surface area (Å²) in [4.78, 5) is 30.1. The molecule has 0 saturated heterocycles. The third kappa shape index (κ3) is 4.45. The van der Waals surface area contributed by atoms with Crippen molar-refractivity contribution in [3.05, 3.63) is 95.6 Å². The van der Waals surface area contributed by atoms with Crippen molar-refractivity contribution in [2.45, 2.75) is 13.1 Å². The number of fused-ring (bicyclic) bond motifs is 1. The van der Waals surface area contributed by atoms with Gasteiger partial charge in [0.25, 0.3) is 0 Å². The van der Waals surface area contributed by atoms with Crippen molar-refractivity contribution in [2.75, 3.05) is 7.11 Å². The van der Waals surface area contributed by atoms with Gasteiger partial charge in [0.05, 0.1) is 18.1 Å². The lowest BCUT2D eigenvalue weighted by molar-refractivity contribution is -0.121. The minimum absolute atomic E-state index is 0.0893. The van der Waals surface area contributed by atoms with Gasteiger partial charge in [-0.1, -0.05) is 36.4 Å². The van der Waals surface area contributed by atoms with Gasteiger partial charge in [0.15, 0.2) is 5.82 Å². The average Bonchev–Trinajstić information content (AvgIpc) is 3.16. The molecule has 6 nitrogen and oxygen atoms in total. The van der Waals surface area contributed by atoms with Crippen LogP contribution < -0.4 is 10.1 Å². The number of halogens is 1. The summed E-state index contributed by atoms with van der Waals surface area (Å²) in [6.07, 6.45) is 0. The van der Waals surface area contributed by atoms with E-state index in [1.807, 2.05) is 30.3 Å². The van der Waals surface area contributed by atoms with Crippen LogP contribution in [-0.4, -0.2) is 28.4 Å². The molecule has 4 rings (SSSR count). The minimum atomic E-state index is -0.509. The second-order valence-electron chi connectivity index (χ2n) is 6.97. The molecule has 0 atom stereocenters. The SMILES string of the molecule is COc1ccc(CNC(=O)Cn2c(C(=O)c3cccc(F)c3)nc3ccccc32)cc1. The lowest BCUT2D eigenvalue weighted by Crippen LogP contribution is -2.28. The number of imidazole rings is 1. The summed E-state index contributed by atoms with van der Waals surface area (Å²) in [5.41, 5.74) is 2.34. The number of hydrogen-bond donors (Lipinski definition) is 1. The van der Waals surface area contributed by atoms with Crippen LogP contribution in [0.4, 0.5) is 4.39 Å². The highest BCUT2D eigenvalue weighted by Gasteiger charge is 2.21. The quantitative estimate of drug-likeness (QED) is 0.465. The van der Waals surface area contributed by atoms with Crippen LogP contribution in [0.15, 0.2) is 72.8 Å². The van der Waals surface area contributed by atoms with E-state index < -0.39 is 11.6 Å². The summed E-state index contributed by atoms with van der Waals surface area (Å²) in [5.74, 6) is -0.400. The summed E-state index contributed by atoms with van der Waals surface area (Å²) in [6, 6.07) is 20.0. The second-order valence-corrected chi connectivity index (χ2v) is 6.97. The summed E-state index contributed by atoms with van der Waals surface area (Å²) in [6.45, 7) is 0.246. The van der Waals surface area contributed by atoms with E-state index in [1.54, 1.807) is 29.9 Å². The fourth-order valence-electron chi connectivity index (χ4n) is 3.31. The maximum Gasteiger partial charge on any atom is 0.240 e. The van der Waals surface area contributed by atoms with E-state index in [-0.39, 0.29) is 23.8 Å². The van der Waals surface area contributed by atoms with Crippen molar-refractivity contribution in [1.82, 2.24) is 14.9 Å². The predicted molar refractivity (Wildman–Crippen MR) is 114 cm³/mol. The molecule has 0 aliphatic rings. The smallest absolute Gasteiger partial charge is 0.240 e. The Kier molecular flexibility index (Phi) is 5.75. The van der Waals surface area contributed by atoms with Crippen molar-refractivity contribution in [3.63, 3.8) is 0 Å². The lowest BCUT2D eigenvalue weighted by Gasteiger charge is -2.10. The number of rotatable bonds is 7. The zero-order valence-electron chi connectivity index (χ0n) is 16.8. The number of aromatic nitrogens is 2. The first-order valence-electron chi connectivity index (χ1n) is 9.70. The van der Waals surface area contributed by atoms with Gasteiger partial charge in [0, 0.05) is 12.1 Å². The van der Waals surface area contributed by atoms with Crippen LogP contribution in [0, 0.1) is 5.82 Å². The van der Waals surface area contributed by atoms with Gasteiger partial charge >= 0.3 is 0 Å². The molecule has 0 spiro atoms. The van der Waals surface area contributed by atoms with Crippen molar-refractivity contribution >= 4 is 22.7 Å². The molecule has 0 aliphatic heterocycles. The third-order valence-electron chi connectivity index (χ3n) is 4.89. The van der Waals surface area contributed by atoms with E-state index in [0.717, 1.165) is 17.4 Å². The molecule has 4 aromatic rings. The Morgan fingerprint density at radius 1 is 1.03 bits per heavy atom. The van der Waals surface area contributed by atoms with Crippen molar-refractivity contribution < 1.29 is 18.7 Å². The van der Waals surface area contributed by atoms with Crippen LogP contribution in [0.5, 0.6) is 5.75 Å². The Morgan fingerprint density at radius 3 is 2.55 bits per heavy atom. The Morgan fingerprint density at radius 2 is 1.81 bits per heavy atom. The highest BCUT2D eigenvalue weighted by Crippen LogP contribution is 2.19. The summed E-state index contributed by atoms with van der Waals surface area (Å²) >= 11 is 0. The molecular weight excluding hydrogens is 397 g/mol. The maximum absolute atomic E-state index is 13.6. The van der Waals surface area contributed by atoms with Crippen LogP contribution in [0.1, 0.15) is 21.7 Å². The Labute approximate surface area is 178 Å². The molecule has 1 aromatic heterocycles. The molecule has 0 saturated carbocycles. The molecule has 1 N–H and O–H groups in total. The van der Waals surface area contributed by atoms with Crippen molar-refractivity contribution in [3.8, 4) is 5.75 Å². The number of ether oxygens (including phenoxy) is 1.